The van der Waals surface area contributed by atoms with Crippen molar-refractivity contribution < 1.29 is 4.42 Å². The average Bonchev–Trinajstić information content (AvgIpc) is 3.31. The van der Waals surface area contributed by atoms with Crippen molar-refractivity contribution in [1.29, 1.82) is 0 Å². The zero-order valence-corrected chi connectivity index (χ0v) is 17.6. The van der Waals surface area contributed by atoms with Crippen molar-refractivity contribution in [2.45, 2.75) is 29.9 Å². The first-order chi connectivity index (χ1) is 14.7. The molecule has 0 bridgehead atoms. The van der Waals surface area contributed by atoms with Crippen LogP contribution < -0.4 is 0 Å². The van der Waals surface area contributed by atoms with Crippen LogP contribution in [0.3, 0.4) is 0 Å². The molecule has 5 aromatic rings. The summed E-state index contributed by atoms with van der Waals surface area (Å²) in [6.07, 6.45) is 2.05. The quantitative estimate of drug-likeness (QED) is 0.307. The number of hydrogen-bond donors (Lipinski definition) is 0. The van der Waals surface area contributed by atoms with Crippen molar-refractivity contribution in [3.63, 3.8) is 0 Å². The van der Waals surface area contributed by atoms with Gasteiger partial charge in [0.2, 0.25) is 5.71 Å². The highest BCUT2D eigenvalue weighted by Gasteiger charge is 2.32. The van der Waals surface area contributed by atoms with Gasteiger partial charge in [0.05, 0.1) is 5.69 Å². The molecule has 2 unspecified atom stereocenters. The molecule has 146 valence electrons. The number of nitrogens with zero attached hydrogens (tertiary/aromatic N) is 2. The number of thioether (sulfide) groups is 1. The fourth-order valence-electron chi connectivity index (χ4n) is 4.41. The Hall–Kier alpha value is -3.11. The molecule has 0 fully saturated rings. The third-order valence-corrected chi connectivity index (χ3v) is 7.54. The molecule has 30 heavy (non-hydrogen) atoms. The van der Waals surface area contributed by atoms with Crippen molar-refractivity contribution >= 4 is 33.8 Å². The van der Waals surface area contributed by atoms with Gasteiger partial charge in [-0.3, -0.25) is 4.98 Å². The third-order valence-electron chi connectivity index (χ3n) is 6.00. The molecule has 2 aromatic carbocycles. The van der Waals surface area contributed by atoms with E-state index >= 15 is 0 Å². The summed E-state index contributed by atoms with van der Waals surface area (Å²) in [5, 5.41) is 2.55. The standard InChI is InChI=1S/C26H20N2OS/c1-15-11-12-19-18-9-6-10-20(24(18)29-26(19)28-15)22-13-23-21(14-27-22)16(2)25(30-23)17-7-4-3-5-8-17/h3-14,16,25H,1-2H3. The first-order valence-corrected chi connectivity index (χ1v) is 11.1. The molecule has 1 aliphatic heterocycles. The van der Waals surface area contributed by atoms with Gasteiger partial charge in [-0.1, -0.05) is 49.4 Å². The topological polar surface area (TPSA) is 38.9 Å². The van der Waals surface area contributed by atoms with E-state index in [0.717, 1.165) is 33.3 Å². The summed E-state index contributed by atoms with van der Waals surface area (Å²) in [7, 11) is 0. The van der Waals surface area contributed by atoms with Gasteiger partial charge in [-0.05, 0) is 48.2 Å². The summed E-state index contributed by atoms with van der Waals surface area (Å²) < 4.78 is 6.19. The Morgan fingerprint density at radius 2 is 1.80 bits per heavy atom. The van der Waals surface area contributed by atoms with E-state index in [1.165, 1.54) is 16.0 Å². The van der Waals surface area contributed by atoms with Crippen LogP contribution in [0.4, 0.5) is 0 Å². The fraction of sp³-hybridized carbons (Fsp3) is 0.154. The molecule has 6 rings (SSSR count). The fourth-order valence-corrected chi connectivity index (χ4v) is 5.89. The summed E-state index contributed by atoms with van der Waals surface area (Å²) in [4.78, 5) is 10.7. The van der Waals surface area contributed by atoms with Gasteiger partial charge in [-0.25, -0.2) is 4.98 Å². The number of furan rings is 1. The summed E-state index contributed by atoms with van der Waals surface area (Å²) in [6.45, 7) is 4.28. The molecule has 4 heterocycles. The zero-order valence-electron chi connectivity index (χ0n) is 16.8. The number of hydrogen-bond acceptors (Lipinski definition) is 4. The summed E-state index contributed by atoms with van der Waals surface area (Å²) >= 11 is 1.94. The first kappa shape index (κ1) is 17.7. The van der Waals surface area contributed by atoms with Gasteiger partial charge in [0.15, 0.2) is 0 Å². The highest BCUT2D eigenvalue weighted by Crippen LogP contribution is 2.54. The average molecular weight is 409 g/mol. The Morgan fingerprint density at radius 3 is 2.67 bits per heavy atom. The van der Waals surface area contributed by atoms with E-state index in [-0.39, 0.29) is 0 Å². The molecule has 3 aromatic heterocycles. The number of pyridine rings is 2. The minimum atomic E-state index is 0.424. The lowest BCUT2D eigenvalue weighted by Gasteiger charge is -2.14. The van der Waals surface area contributed by atoms with Crippen molar-refractivity contribution in [3.8, 4) is 11.3 Å². The van der Waals surface area contributed by atoms with Gasteiger partial charge >= 0.3 is 0 Å². The molecule has 0 N–H and O–H groups in total. The Kier molecular flexibility index (Phi) is 3.96. The Balaban J connectivity index is 1.46. The molecule has 0 aliphatic carbocycles. The van der Waals surface area contributed by atoms with E-state index in [4.69, 9.17) is 9.40 Å². The highest BCUT2D eigenvalue weighted by molar-refractivity contribution is 8.00. The molecular weight excluding hydrogens is 388 g/mol. The highest BCUT2D eigenvalue weighted by atomic mass is 32.2. The smallest absolute Gasteiger partial charge is 0.227 e. The molecule has 2 atom stereocenters. The lowest BCUT2D eigenvalue weighted by molar-refractivity contribution is 0.653. The maximum absolute atomic E-state index is 6.19. The number of benzene rings is 2. The summed E-state index contributed by atoms with van der Waals surface area (Å²) in [5.74, 6) is 0.433. The van der Waals surface area contributed by atoms with Crippen LogP contribution in [0.1, 0.15) is 34.9 Å². The largest absolute Gasteiger partial charge is 0.437 e. The number of aromatic nitrogens is 2. The van der Waals surface area contributed by atoms with E-state index in [1.807, 2.05) is 24.8 Å². The molecule has 0 radical (unpaired) electrons. The van der Waals surface area contributed by atoms with Gasteiger partial charge in [-0.2, -0.15) is 0 Å². The van der Waals surface area contributed by atoms with Crippen LogP contribution in [0, 0.1) is 6.92 Å². The number of aryl methyl sites for hydroxylation is 1. The Labute approximate surface area is 179 Å². The van der Waals surface area contributed by atoms with E-state index < -0.39 is 0 Å². The first-order valence-electron chi connectivity index (χ1n) is 10.2. The number of fused-ring (bicyclic) bond motifs is 4. The molecule has 1 aliphatic rings. The van der Waals surface area contributed by atoms with Gasteiger partial charge in [-0.15, -0.1) is 11.8 Å². The molecular formula is C26H20N2OS. The lowest BCUT2D eigenvalue weighted by Crippen LogP contribution is -1.99. The van der Waals surface area contributed by atoms with Gasteiger partial charge in [0.25, 0.3) is 0 Å². The minimum Gasteiger partial charge on any atom is -0.437 e. The maximum Gasteiger partial charge on any atom is 0.227 e. The molecule has 4 heteroatoms. The maximum atomic E-state index is 6.19. The van der Waals surface area contributed by atoms with Crippen molar-refractivity contribution in [1.82, 2.24) is 9.97 Å². The van der Waals surface area contributed by atoms with Gasteiger partial charge < -0.3 is 4.42 Å². The third kappa shape index (κ3) is 2.67. The van der Waals surface area contributed by atoms with Gasteiger partial charge in [0, 0.05) is 38.4 Å². The van der Waals surface area contributed by atoms with E-state index in [2.05, 4.69) is 78.8 Å². The van der Waals surface area contributed by atoms with E-state index in [0.29, 0.717) is 16.9 Å². The molecule has 0 spiro atoms. The summed E-state index contributed by atoms with van der Waals surface area (Å²) in [6, 6.07) is 23.3. The van der Waals surface area contributed by atoms with Crippen LogP contribution >= 0.6 is 11.8 Å². The van der Waals surface area contributed by atoms with E-state index in [9.17, 15) is 0 Å². The zero-order chi connectivity index (χ0) is 20.2. The Bertz CT molecular complexity index is 1410. The van der Waals surface area contributed by atoms with Crippen molar-refractivity contribution in [2.24, 2.45) is 0 Å². The Morgan fingerprint density at radius 1 is 0.933 bits per heavy atom. The minimum absolute atomic E-state index is 0.424. The summed E-state index contributed by atoms with van der Waals surface area (Å²) in [5.41, 5.74) is 7.15. The normalized spacial score (nSPS) is 18.2. The lowest BCUT2D eigenvalue weighted by atomic mass is 9.94. The van der Waals surface area contributed by atoms with Gasteiger partial charge in [0.1, 0.15) is 5.58 Å². The monoisotopic (exact) mass is 408 g/mol. The van der Waals surface area contributed by atoms with Crippen molar-refractivity contribution in [2.75, 3.05) is 0 Å². The van der Waals surface area contributed by atoms with Crippen LogP contribution in [-0.4, -0.2) is 9.97 Å². The van der Waals surface area contributed by atoms with Crippen LogP contribution in [0.25, 0.3) is 33.3 Å². The second-order valence-electron chi connectivity index (χ2n) is 7.93. The SMILES string of the molecule is Cc1ccc2c(n1)oc1c(-c3cc4c(cn3)C(C)C(c3ccccc3)S4)cccc12. The van der Waals surface area contributed by atoms with Crippen LogP contribution in [0.5, 0.6) is 0 Å². The van der Waals surface area contributed by atoms with Crippen LogP contribution in [-0.2, 0) is 0 Å². The molecule has 0 saturated carbocycles. The predicted molar refractivity (Wildman–Crippen MR) is 123 cm³/mol. The van der Waals surface area contributed by atoms with Crippen molar-refractivity contribution in [3.05, 3.63) is 89.7 Å². The number of rotatable bonds is 2. The van der Waals surface area contributed by atoms with Crippen LogP contribution in [0.15, 0.2) is 82.2 Å². The predicted octanol–water partition coefficient (Wildman–Crippen LogP) is 7.30. The number of para-hydroxylation sites is 1. The second-order valence-corrected chi connectivity index (χ2v) is 9.12. The molecule has 0 saturated heterocycles. The molecule has 3 nitrogen and oxygen atoms in total. The van der Waals surface area contributed by atoms with E-state index in [1.54, 1.807) is 0 Å². The molecule has 0 amide bonds. The second kappa shape index (κ2) is 6.71. The van der Waals surface area contributed by atoms with Crippen LogP contribution in [0.2, 0.25) is 0 Å².